The van der Waals surface area contributed by atoms with E-state index in [0.29, 0.717) is 36.1 Å². The first-order valence-corrected chi connectivity index (χ1v) is 12.9. The van der Waals surface area contributed by atoms with Gasteiger partial charge in [0.2, 0.25) is 5.95 Å². The second-order valence-corrected chi connectivity index (χ2v) is 9.96. The molecule has 0 spiro atoms. The molecule has 0 aliphatic carbocycles. The Morgan fingerprint density at radius 3 is 2.56 bits per heavy atom. The van der Waals surface area contributed by atoms with Crippen molar-refractivity contribution in [3.63, 3.8) is 0 Å². The maximum atomic E-state index is 14.5. The zero-order valence-corrected chi connectivity index (χ0v) is 20.0. The third-order valence-corrected chi connectivity index (χ3v) is 7.53. The van der Waals surface area contributed by atoms with Gasteiger partial charge in [-0.15, -0.1) is 0 Å². The maximum Gasteiger partial charge on any atom is 0.216 e. The lowest BCUT2D eigenvalue weighted by Gasteiger charge is -2.36. The second kappa shape index (κ2) is 9.67. The predicted octanol–water partition coefficient (Wildman–Crippen LogP) is 2.76. The van der Waals surface area contributed by atoms with Crippen molar-refractivity contribution in [2.45, 2.75) is 38.3 Å². The van der Waals surface area contributed by atoms with Gasteiger partial charge in [0.05, 0.1) is 22.7 Å². The molecule has 3 aromatic rings. The molecule has 0 radical (unpaired) electrons. The number of hydrogen-bond donors (Lipinski definition) is 1. The van der Waals surface area contributed by atoms with Crippen molar-refractivity contribution >= 4 is 22.5 Å². The minimum atomic E-state index is -0.947. The van der Waals surface area contributed by atoms with Crippen LogP contribution in [0, 0.1) is 5.95 Å². The van der Waals surface area contributed by atoms with Gasteiger partial charge in [0.15, 0.2) is 11.6 Å². The topological polar surface area (TPSA) is 100 Å². The molecule has 1 saturated heterocycles. The smallest absolute Gasteiger partial charge is 0.216 e. The molecular weight excluding hydrogens is 455 g/mol. The summed E-state index contributed by atoms with van der Waals surface area (Å²) in [5.74, 6) is 1.08. The monoisotopic (exact) mass is 482 g/mol. The molecule has 0 amide bonds. The summed E-state index contributed by atoms with van der Waals surface area (Å²) in [6, 6.07) is 5.25. The van der Waals surface area contributed by atoms with Gasteiger partial charge >= 0.3 is 0 Å². The summed E-state index contributed by atoms with van der Waals surface area (Å²) in [6.45, 7) is 4.24. The van der Waals surface area contributed by atoms with E-state index in [-0.39, 0.29) is 12.1 Å². The van der Waals surface area contributed by atoms with E-state index in [0.717, 1.165) is 37.2 Å². The van der Waals surface area contributed by atoms with Gasteiger partial charge in [-0.25, -0.2) is 33.4 Å². The maximum absolute atomic E-state index is 14.5. The number of nitrogens with one attached hydrogen (secondary N) is 1. The molecule has 5 heterocycles. The van der Waals surface area contributed by atoms with Gasteiger partial charge < -0.3 is 10.2 Å². The van der Waals surface area contributed by atoms with Crippen LogP contribution in [0.15, 0.2) is 36.8 Å². The number of anilines is 2. The third-order valence-electron chi connectivity index (χ3n) is 6.44. The highest BCUT2D eigenvalue weighted by molar-refractivity contribution is 7.81. The fourth-order valence-corrected chi connectivity index (χ4v) is 5.33. The van der Waals surface area contributed by atoms with Crippen molar-refractivity contribution in [2.75, 3.05) is 36.1 Å². The van der Waals surface area contributed by atoms with Crippen molar-refractivity contribution < 1.29 is 8.60 Å². The molecular formula is C23H27FN8OS. The SMILES string of the molecule is CC1c2cnc(-c3ncccn3)nc2CCN1c1cc(NC2CCN(S(C)=O)CC2)cc(F)n1. The van der Waals surface area contributed by atoms with Gasteiger partial charge in [0.1, 0.15) is 5.82 Å². The molecule has 5 rings (SSSR count). The Labute approximate surface area is 200 Å². The Bertz CT molecular complexity index is 1190. The van der Waals surface area contributed by atoms with Crippen LogP contribution in [0.3, 0.4) is 0 Å². The zero-order valence-electron chi connectivity index (χ0n) is 19.2. The number of hydrogen-bond acceptors (Lipinski definition) is 8. The van der Waals surface area contributed by atoms with E-state index < -0.39 is 16.9 Å². The van der Waals surface area contributed by atoms with E-state index in [1.54, 1.807) is 24.7 Å². The van der Waals surface area contributed by atoms with E-state index in [2.05, 4.69) is 37.1 Å². The number of halogens is 1. The molecule has 178 valence electrons. The molecule has 2 aliphatic rings. The van der Waals surface area contributed by atoms with Crippen LogP contribution in [0.1, 0.15) is 37.1 Å². The molecule has 1 fully saturated rings. The largest absolute Gasteiger partial charge is 0.382 e. The Morgan fingerprint density at radius 2 is 1.82 bits per heavy atom. The van der Waals surface area contributed by atoms with Crippen molar-refractivity contribution in [3.8, 4) is 11.6 Å². The van der Waals surface area contributed by atoms with Gasteiger partial charge in [-0.3, -0.25) is 0 Å². The first kappa shape index (κ1) is 22.7. The molecule has 2 unspecified atom stereocenters. The van der Waals surface area contributed by atoms with Crippen LogP contribution in [-0.2, 0) is 17.4 Å². The third kappa shape index (κ3) is 4.76. The quantitative estimate of drug-likeness (QED) is 0.554. The second-order valence-electron chi connectivity index (χ2n) is 8.60. The molecule has 0 bridgehead atoms. The molecule has 34 heavy (non-hydrogen) atoms. The fourth-order valence-electron chi connectivity index (χ4n) is 4.61. The van der Waals surface area contributed by atoms with Gasteiger partial charge in [-0.05, 0) is 25.8 Å². The molecule has 9 nitrogen and oxygen atoms in total. The lowest BCUT2D eigenvalue weighted by atomic mass is 9.99. The van der Waals surface area contributed by atoms with Crippen molar-refractivity contribution in [1.82, 2.24) is 29.2 Å². The first-order chi connectivity index (χ1) is 16.5. The van der Waals surface area contributed by atoms with Crippen molar-refractivity contribution in [2.24, 2.45) is 0 Å². The lowest BCUT2D eigenvalue weighted by molar-refractivity contribution is 0.347. The van der Waals surface area contributed by atoms with Crippen LogP contribution >= 0.6 is 0 Å². The van der Waals surface area contributed by atoms with Gasteiger partial charge in [-0.2, -0.15) is 4.39 Å². The average molecular weight is 483 g/mol. The van der Waals surface area contributed by atoms with Gasteiger partial charge in [0, 0.05) is 80.3 Å². The molecule has 11 heteroatoms. The summed E-state index contributed by atoms with van der Waals surface area (Å²) < 4.78 is 28.1. The van der Waals surface area contributed by atoms with Crippen LogP contribution in [0.2, 0.25) is 0 Å². The minimum absolute atomic E-state index is 0.0561. The number of fused-ring (bicyclic) bond motifs is 1. The van der Waals surface area contributed by atoms with Gasteiger partial charge in [0.25, 0.3) is 0 Å². The Kier molecular flexibility index (Phi) is 6.46. The van der Waals surface area contributed by atoms with Crippen LogP contribution in [0.4, 0.5) is 15.9 Å². The summed E-state index contributed by atoms with van der Waals surface area (Å²) in [4.78, 5) is 23.9. The highest BCUT2D eigenvalue weighted by Gasteiger charge is 2.28. The summed E-state index contributed by atoms with van der Waals surface area (Å²) in [7, 11) is -0.947. The summed E-state index contributed by atoms with van der Waals surface area (Å²) in [5, 5.41) is 3.45. The van der Waals surface area contributed by atoms with Crippen LogP contribution < -0.4 is 10.2 Å². The van der Waals surface area contributed by atoms with Gasteiger partial charge in [-0.1, -0.05) is 0 Å². The minimum Gasteiger partial charge on any atom is -0.382 e. The highest BCUT2D eigenvalue weighted by Crippen LogP contribution is 2.33. The summed E-state index contributed by atoms with van der Waals surface area (Å²) >= 11 is 0. The Balaban J connectivity index is 1.33. The van der Waals surface area contributed by atoms with Crippen LogP contribution in [-0.4, -0.2) is 65.4 Å². The number of aromatic nitrogens is 5. The normalized spacial score (nSPS) is 20.1. The lowest BCUT2D eigenvalue weighted by Crippen LogP contribution is -2.39. The zero-order chi connectivity index (χ0) is 23.7. The summed E-state index contributed by atoms with van der Waals surface area (Å²) in [5.41, 5.74) is 2.66. The summed E-state index contributed by atoms with van der Waals surface area (Å²) in [6.07, 6.45) is 9.27. The van der Waals surface area contributed by atoms with E-state index in [4.69, 9.17) is 4.98 Å². The predicted molar refractivity (Wildman–Crippen MR) is 129 cm³/mol. The Hall–Kier alpha value is -3.05. The molecule has 1 N–H and O–H groups in total. The standard InChI is InChI=1S/C23H27FN8OS/c1-15-18-14-27-23(22-25-7-3-8-26-22)29-19(18)6-11-32(15)21-13-17(12-20(24)30-21)28-16-4-9-31(10-5-16)34(2)33/h3,7-8,12-16H,4-6,9-11H2,1-2H3,(H,28,30). The van der Waals surface area contributed by atoms with Crippen LogP contribution in [0.5, 0.6) is 0 Å². The molecule has 2 aliphatic heterocycles. The number of piperidine rings is 1. The number of pyridine rings is 1. The van der Waals surface area contributed by atoms with E-state index in [9.17, 15) is 8.60 Å². The Morgan fingerprint density at radius 1 is 1.06 bits per heavy atom. The fraction of sp³-hybridized carbons (Fsp3) is 0.435. The molecule has 0 saturated carbocycles. The van der Waals surface area contributed by atoms with Crippen molar-refractivity contribution in [1.29, 1.82) is 0 Å². The highest BCUT2D eigenvalue weighted by atomic mass is 32.2. The van der Waals surface area contributed by atoms with E-state index in [1.165, 1.54) is 6.07 Å². The average Bonchev–Trinajstić information content (AvgIpc) is 2.84. The number of rotatable bonds is 5. The molecule has 2 atom stereocenters. The molecule has 3 aromatic heterocycles. The first-order valence-electron chi connectivity index (χ1n) is 11.4. The number of nitrogens with zero attached hydrogens (tertiary/aromatic N) is 7. The van der Waals surface area contributed by atoms with Crippen molar-refractivity contribution in [3.05, 3.63) is 54.0 Å². The van der Waals surface area contributed by atoms with E-state index >= 15 is 0 Å². The van der Waals surface area contributed by atoms with Crippen LogP contribution in [0.25, 0.3) is 11.6 Å². The molecule has 0 aromatic carbocycles. The van der Waals surface area contributed by atoms with E-state index in [1.807, 2.05) is 16.6 Å².